The third-order valence-electron chi connectivity index (χ3n) is 4.06. The number of amides is 2. The van der Waals surface area contributed by atoms with E-state index in [-0.39, 0.29) is 18.1 Å². The summed E-state index contributed by atoms with van der Waals surface area (Å²) < 4.78 is 4.53. The Morgan fingerprint density at radius 3 is 2.93 bits per heavy atom. The van der Waals surface area contributed by atoms with Gasteiger partial charge in [-0.3, -0.25) is 9.59 Å². The molecule has 0 atom stereocenters. The number of likely N-dealkylation sites (N-methyl/N-ethyl adjacent to an activating group) is 1. The molecule has 0 bridgehead atoms. The normalized spacial score (nSPS) is 10.9. The molecule has 2 amide bonds. The number of aromatic nitrogens is 4. The number of aromatic amines is 1. The van der Waals surface area contributed by atoms with E-state index >= 15 is 0 Å². The van der Waals surface area contributed by atoms with E-state index in [1.54, 1.807) is 11.8 Å². The molecule has 0 fully saturated rings. The average Bonchev–Trinajstić information content (AvgIpc) is 3.28. The van der Waals surface area contributed by atoms with Crippen LogP contribution in [0, 0.1) is 6.92 Å². The molecular formula is C17H21N7O3. The van der Waals surface area contributed by atoms with E-state index in [2.05, 4.69) is 35.5 Å². The molecule has 142 valence electrons. The number of H-pyrrole nitrogens is 1. The summed E-state index contributed by atoms with van der Waals surface area (Å²) in [7, 11) is 1.85. The van der Waals surface area contributed by atoms with Gasteiger partial charge >= 0.3 is 0 Å². The first kappa shape index (κ1) is 18.5. The molecule has 0 saturated carbocycles. The van der Waals surface area contributed by atoms with E-state index in [1.165, 1.54) is 0 Å². The lowest BCUT2D eigenvalue weighted by Crippen LogP contribution is -2.29. The zero-order valence-electron chi connectivity index (χ0n) is 15.2. The van der Waals surface area contributed by atoms with Crippen LogP contribution in [0.5, 0.6) is 0 Å². The van der Waals surface area contributed by atoms with Crippen molar-refractivity contribution in [2.45, 2.75) is 20.0 Å². The number of hydrogen-bond donors (Lipinski definition) is 3. The minimum absolute atomic E-state index is 0.156. The maximum absolute atomic E-state index is 12.1. The molecule has 10 heteroatoms. The van der Waals surface area contributed by atoms with Gasteiger partial charge < -0.3 is 20.5 Å². The zero-order chi connectivity index (χ0) is 19.2. The van der Waals surface area contributed by atoms with E-state index in [0.717, 1.165) is 29.6 Å². The maximum atomic E-state index is 12.1. The summed E-state index contributed by atoms with van der Waals surface area (Å²) in [4.78, 5) is 32.6. The minimum atomic E-state index is -0.374. The maximum Gasteiger partial charge on any atom is 0.275 e. The lowest BCUT2D eigenvalue weighted by Gasteiger charge is -2.16. The van der Waals surface area contributed by atoms with E-state index in [9.17, 15) is 9.59 Å². The van der Waals surface area contributed by atoms with Gasteiger partial charge in [0, 0.05) is 19.6 Å². The summed E-state index contributed by atoms with van der Waals surface area (Å²) in [5, 5.41) is 12.9. The number of rotatable bonds is 9. The molecule has 0 radical (unpaired) electrons. The van der Waals surface area contributed by atoms with Crippen LogP contribution in [0.15, 0.2) is 22.8 Å². The Labute approximate surface area is 155 Å². The lowest BCUT2D eigenvalue weighted by molar-refractivity contribution is -0.118. The fourth-order valence-electron chi connectivity index (χ4n) is 2.64. The Bertz CT molecular complexity index is 934. The molecule has 1 aromatic carbocycles. The highest BCUT2D eigenvalue weighted by Crippen LogP contribution is 2.15. The topological polar surface area (TPSA) is 129 Å². The highest BCUT2D eigenvalue weighted by molar-refractivity contribution is 5.92. The molecule has 3 rings (SSSR count). The third kappa shape index (κ3) is 4.47. The molecule has 0 spiro atoms. The number of carbonyl (C=O) groups is 2. The second-order valence-corrected chi connectivity index (χ2v) is 6.10. The van der Waals surface area contributed by atoms with Gasteiger partial charge in [0.25, 0.3) is 5.91 Å². The smallest absolute Gasteiger partial charge is 0.275 e. The second-order valence-electron chi connectivity index (χ2n) is 6.10. The molecular weight excluding hydrogens is 350 g/mol. The predicted molar refractivity (Wildman–Crippen MR) is 96.7 cm³/mol. The van der Waals surface area contributed by atoms with Crippen molar-refractivity contribution in [3.05, 3.63) is 41.0 Å². The molecule has 10 nitrogen and oxygen atoms in total. The van der Waals surface area contributed by atoms with Crippen molar-refractivity contribution in [3.8, 4) is 0 Å². The number of fused-ring (bicyclic) bond motifs is 1. The van der Waals surface area contributed by atoms with Gasteiger partial charge in [0.1, 0.15) is 11.5 Å². The van der Waals surface area contributed by atoms with Crippen LogP contribution in [0.4, 0.5) is 0 Å². The van der Waals surface area contributed by atoms with Gasteiger partial charge in [0.05, 0.1) is 17.6 Å². The number of benzene rings is 1. The Morgan fingerprint density at radius 1 is 1.37 bits per heavy atom. The van der Waals surface area contributed by atoms with Crippen LogP contribution in [-0.2, 0) is 17.9 Å². The van der Waals surface area contributed by atoms with E-state index in [1.807, 2.05) is 25.2 Å². The summed E-state index contributed by atoms with van der Waals surface area (Å²) in [6.07, 6.45) is 0.843. The van der Waals surface area contributed by atoms with Crippen LogP contribution < -0.4 is 10.6 Å². The van der Waals surface area contributed by atoms with Crippen molar-refractivity contribution in [3.63, 3.8) is 0 Å². The number of nitrogens with one attached hydrogen (secondary N) is 3. The molecule has 0 unspecified atom stereocenters. The van der Waals surface area contributed by atoms with Gasteiger partial charge in [0.15, 0.2) is 5.69 Å². The first-order valence-electron chi connectivity index (χ1n) is 8.49. The number of aryl methyl sites for hydroxylation is 1. The van der Waals surface area contributed by atoms with Crippen LogP contribution in [0.1, 0.15) is 27.6 Å². The van der Waals surface area contributed by atoms with Crippen molar-refractivity contribution >= 4 is 23.4 Å². The standard InChI is InChI=1S/C17H21N7O3/c1-11-16(23-27-22-11)17(26)19-8-15-20-13-4-3-12(7-14(13)21-15)9-24(10-25)6-5-18-2/h3-4,7,10,18H,5-6,8-9H2,1-2H3,(H,19,26)(H,20,21). The Hall–Kier alpha value is -3.27. The van der Waals surface area contributed by atoms with E-state index in [4.69, 9.17) is 0 Å². The summed E-state index contributed by atoms with van der Waals surface area (Å²) in [5.74, 6) is 0.244. The van der Waals surface area contributed by atoms with Crippen LogP contribution >= 0.6 is 0 Å². The van der Waals surface area contributed by atoms with Crippen molar-refractivity contribution < 1.29 is 14.2 Å². The quantitative estimate of drug-likeness (QED) is 0.463. The van der Waals surface area contributed by atoms with Gasteiger partial charge in [0.2, 0.25) is 6.41 Å². The van der Waals surface area contributed by atoms with Crippen molar-refractivity contribution in [2.75, 3.05) is 20.1 Å². The zero-order valence-corrected chi connectivity index (χ0v) is 15.2. The highest BCUT2D eigenvalue weighted by Gasteiger charge is 2.15. The molecule has 2 heterocycles. The average molecular weight is 371 g/mol. The van der Waals surface area contributed by atoms with Crippen molar-refractivity contribution in [1.29, 1.82) is 0 Å². The molecule has 2 aromatic heterocycles. The molecule has 0 saturated heterocycles. The Kier molecular flexibility index (Phi) is 5.77. The SMILES string of the molecule is CNCCN(C=O)Cc1ccc2nc(CNC(=O)c3nonc3C)[nH]c2c1. The van der Waals surface area contributed by atoms with Crippen molar-refractivity contribution in [2.24, 2.45) is 0 Å². The molecule has 3 N–H and O–H groups in total. The van der Waals surface area contributed by atoms with Gasteiger partial charge in [-0.2, -0.15) is 0 Å². The Morgan fingerprint density at radius 2 is 2.22 bits per heavy atom. The van der Waals surface area contributed by atoms with Crippen LogP contribution in [0.25, 0.3) is 11.0 Å². The monoisotopic (exact) mass is 371 g/mol. The predicted octanol–water partition coefficient (Wildman–Crippen LogP) is 0.362. The lowest BCUT2D eigenvalue weighted by atomic mass is 10.2. The molecule has 0 aliphatic heterocycles. The minimum Gasteiger partial charge on any atom is -0.343 e. The van der Waals surface area contributed by atoms with Crippen LogP contribution in [-0.4, -0.2) is 57.6 Å². The number of hydrogen-bond acceptors (Lipinski definition) is 7. The molecule has 3 aromatic rings. The third-order valence-corrected chi connectivity index (χ3v) is 4.06. The summed E-state index contributed by atoms with van der Waals surface area (Å²) in [6.45, 7) is 3.75. The fraction of sp³-hybridized carbons (Fsp3) is 0.353. The number of carbonyl (C=O) groups excluding carboxylic acids is 2. The second kappa shape index (κ2) is 8.41. The van der Waals surface area contributed by atoms with E-state index in [0.29, 0.717) is 24.6 Å². The molecule has 0 aliphatic rings. The van der Waals surface area contributed by atoms with E-state index < -0.39 is 0 Å². The number of nitrogens with zero attached hydrogens (tertiary/aromatic N) is 4. The largest absolute Gasteiger partial charge is 0.343 e. The van der Waals surface area contributed by atoms with Crippen molar-refractivity contribution in [1.82, 2.24) is 35.8 Å². The highest BCUT2D eigenvalue weighted by atomic mass is 16.6. The summed E-state index contributed by atoms with van der Waals surface area (Å²) >= 11 is 0. The van der Waals surface area contributed by atoms with Gasteiger partial charge in [-0.15, -0.1) is 0 Å². The molecule has 27 heavy (non-hydrogen) atoms. The fourth-order valence-corrected chi connectivity index (χ4v) is 2.64. The van der Waals surface area contributed by atoms with Gasteiger partial charge in [-0.25, -0.2) is 9.61 Å². The van der Waals surface area contributed by atoms with Gasteiger partial charge in [-0.1, -0.05) is 11.2 Å². The first-order chi connectivity index (χ1) is 13.1. The van der Waals surface area contributed by atoms with Crippen LogP contribution in [0.3, 0.4) is 0 Å². The van der Waals surface area contributed by atoms with Gasteiger partial charge in [-0.05, 0) is 36.8 Å². The molecule has 0 aliphatic carbocycles. The number of imidazole rings is 1. The summed E-state index contributed by atoms with van der Waals surface area (Å²) in [6, 6.07) is 5.78. The van der Waals surface area contributed by atoms with Crippen LogP contribution in [0.2, 0.25) is 0 Å². The first-order valence-corrected chi connectivity index (χ1v) is 8.49. The summed E-state index contributed by atoms with van der Waals surface area (Å²) in [5.41, 5.74) is 3.21. The Balaban J connectivity index is 1.65.